The molecule has 0 aromatic heterocycles. The molecule has 1 heterocycles. The third kappa shape index (κ3) is 3.50. The Morgan fingerprint density at radius 3 is 2.54 bits per heavy atom. The molecule has 1 aromatic rings. The number of benzene rings is 1. The van der Waals surface area contributed by atoms with E-state index in [9.17, 15) is 14.4 Å². The maximum absolute atomic E-state index is 12.4. The Labute approximate surface area is 140 Å². The third-order valence-electron chi connectivity index (χ3n) is 4.00. The van der Waals surface area contributed by atoms with Crippen LogP contribution in [0.3, 0.4) is 0 Å². The summed E-state index contributed by atoms with van der Waals surface area (Å²) in [6.45, 7) is 3.36. The van der Waals surface area contributed by atoms with Gasteiger partial charge in [-0.15, -0.1) is 0 Å². The molecule has 1 atom stereocenters. The van der Waals surface area contributed by atoms with Crippen LogP contribution in [0.2, 0.25) is 0 Å². The molecule has 1 aliphatic heterocycles. The summed E-state index contributed by atoms with van der Waals surface area (Å²) < 4.78 is 9.95. The summed E-state index contributed by atoms with van der Waals surface area (Å²) in [6.07, 6.45) is 0.0845. The molecule has 130 valence electrons. The lowest BCUT2D eigenvalue weighted by molar-refractivity contribution is -0.149. The molecule has 1 fully saturated rings. The van der Waals surface area contributed by atoms with Crippen LogP contribution < -0.4 is 15.0 Å². The number of nitrogens with zero attached hydrogens (tertiary/aromatic N) is 1. The molecule has 24 heavy (non-hydrogen) atoms. The minimum absolute atomic E-state index is 0.0845. The molecule has 1 aliphatic rings. The molecular formula is C17H22N2O5. The molecule has 1 N–H and O–H groups in total. The van der Waals surface area contributed by atoms with Crippen LogP contribution in [0.25, 0.3) is 0 Å². The van der Waals surface area contributed by atoms with Crippen molar-refractivity contribution in [1.82, 2.24) is 5.32 Å². The summed E-state index contributed by atoms with van der Waals surface area (Å²) in [7, 11) is 2.79. The molecule has 7 heteroatoms. The summed E-state index contributed by atoms with van der Waals surface area (Å²) in [5.74, 6) is -1.01. The van der Waals surface area contributed by atoms with Crippen molar-refractivity contribution in [3.63, 3.8) is 0 Å². The van der Waals surface area contributed by atoms with Gasteiger partial charge in [0.05, 0.1) is 25.8 Å². The van der Waals surface area contributed by atoms with Gasteiger partial charge in [0.2, 0.25) is 11.8 Å². The summed E-state index contributed by atoms with van der Waals surface area (Å²) in [5, 5.41) is 2.65. The van der Waals surface area contributed by atoms with Gasteiger partial charge in [-0.1, -0.05) is 12.1 Å². The van der Waals surface area contributed by atoms with Crippen LogP contribution in [-0.2, 0) is 19.1 Å². The fourth-order valence-corrected chi connectivity index (χ4v) is 2.69. The maximum Gasteiger partial charge on any atom is 0.330 e. The largest absolute Gasteiger partial charge is 0.495 e. The van der Waals surface area contributed by atoms with Crippen molar-refractivity contribution < 1.29 is 23.9 Å². The summed E-state index contributed by atoms with van der Waals surface area (Å²) in [5.41, 5.74) is -0.514. The number of ether oxygens (including phenoxy) is 2. The molecular weight excluding hydrogens is 312 g/mol. The smallest absolute Gasteiger partial charge is 0.330 e. The molecule has 1 aromatic carbocycles. The van der Waals surface area contributed by atoms with Crippen molar-refractivity contribution >= 4 is 23.5 Å². The van der Waals surface area contributed by atoms with E-state index in [1.54, 1.807) is 32.0 Å². The van der Waals surface area contributed by atoms with Crippen molar-refractivity contribution in [2.24, 2.45) is 5.92 Å². The van der Waals surface area contributed by atoms with Gasteiger partial charge < -0.3 is 19.7 Å². The Hall–Kier alpha value is -2.57. The Balaban J connectivity index is 2.12. The van der Waals surface area contributed by atoms with Crippen LogP contribution in [0, 0.1) is 5.92 Å². The van der Waals surface area contributed by atoms with E-state index in [-0.39, 0.29) is 24.8 Å². The number of amides is 2. The average molecular weight is 334 g/mol. The maximum atomic E-state index is 12.4. The Morgan fingerprint density at radius 1 is 1.25 bits per heavy atom. The fraction of sp³-hybridized carbons (Fsp3) is 0.471. The SMILES string of the molecule is COC(=O)C(C)(C)NC(=O)C1CC(=O)N(c2ccccc2OC)C1. The normalized spacial score (nSPS) is 17.6. The Morgan fingerprint density at radius 2 is 1.92 bits per heavy atom. The zero-order valence-corrected chi connectivity index (χ0v) is 14.3. The summed E-state index contributed by atoms with van der Waals surface area (Å²) in [4.78, 5) is 38.0. The monoisotopic (exact) mass is 334 g/mol. The molecule has 0 bridgehead atoms. The first-order valence-electron chi connectivity index (χ1n) is 7.64. The zero-order chi connectivity index (χ0) is 17.9. The van der Waals surface area contributed by atoms with Crippen molar-refractivity contribution in [3.05, 3.63) is 24.3 Å². The highest BCUT2D eigenvalue weighted by Crippen LogP contribution is 2.32. The Bertz CT molecular complexity index is 656. The highest BCUT2D eigenvalue weighted by Gasteiger charge is 2.39. The second kappa shape index (κ2) is 6.90. The molecule has 2 rings (SSSR count). The molecule has 0 radical (unpaired) electrons. The number of nitrogens with one attached hydrogen (secondary N) is 1. The lowest BCUT2D eigenvalue weighted by Crippen LogP contribution is -2.52. The van der Waals surface area contributed by atoms with E-state index in [0.29, 0.717) is 11.4 Å². The van der Waals surface area contributed by atoms with Crippen molar-refractivity contribution in [2.45, 2.75) is 25.8 Å². The number of rotatable bonds is 5. The number of carbonyl (C=O) groups excluding carboxylic acids is 3. The van der Waals surface area contributed by atoms with Crippen LogP contribution in [0.5, 0.6) is 5.75 Å². The fourth-order valence-electron chi connectivity index (χ4n) is 2.69. The molecule has 0 spiro atoms. The van der Waals surface area contributed by atoms with Gasteiger partial charge in [0, 0.05) is 13.0 Å². The first-order chi connectivity index (χ1) is 11.3. The van der Waals surface area contributed by atoms with Gasteiger partial charge in [-0.25, -0.2) is 4.79 Å². The molecule has 0 aliphatic carbocycles. The summed E-state index contributed by atoms with van der Waals surface area (Å²) >= 11 is 0. The number of esters is 1. The molecule has 2 amide bonds. The van der Waals surface area contributed by atoms with Crippen molar-refractivity contribution in [2.75, 3.05) is 25.7 Å². The van der Waals surface area contributed by atoms with E-state index in [0.717, 1.165) is 0 Å². The van der Waals surface area contributed by atoms with Gasteiger partial charge in [-0.3, -0.25) is 9.59 Å². The molecule has 1 saturated heterocycles. The van der Waals surface area contributed by atoms with Crippen LogP contribution >= 0.6 is 0 Å². The zero-order valence-electron chi connectivity index (χ0n) is 14.3. The number of para-hydroxylation sites is 2. The standard InChI is InChI=1S/C17H22N2O5/c1-17(2,16(22)24-4)18-15(21)11-9-14(20)19(10-11)12-7-5-6-8-13(12)23-3/h5-8,11H,9-10H2,1-4H3,(H,18,21). The predicted molar refractivity (Wildman–Crippen MR) is 87.7 cm³/mol. The lowest BCUT2D eigenvalue weighted by Gasteiger charge is -2.25. The quantitative estimate of drug-likeness (QED) is 0.816. The number of hydrogen-bond acceptors (Lipinski definition) is 5. The topological polar surface area (TPSA) is 84.9 Å². The van der Waals surface area contributed by atoms with Gasteiger partial charge in [-0.05, 0) is 26.0 Å². The second-order valence-electron chi connectivity index (χ2n) is 6.18. The third-order valence-corrected chi connectivity index (χ3v) is 4.00. The van der Waals surface area contributed by atoms with Crippen LogP contribution in [0.4, 0.5) is 5.69 Å². The minimum atomic E-state index is -1.15. The van der Waals surface area contributed by atoms with E-state index in [1.165, 1.54) is 19.1 Å². The number of hydrogen-bond donors (Lipinski definition) is 1. The van der Waals surface area contributed by atoms with E-state index in [2.05, 4.69) is 10.1 Å². The van der Waals surface area contributed by atoms with Crippen molar-refractivity contribution in [3.8, 4) is 5.75 Å². The van der Waals surface area contributed by atoms with Crippen LogP contribution in [0.1, 0.15) is 20.3 Å². The highest BCUT2D eigenvalue weighted by atomic mass is 16.5. The van der Waals surface area contributed by atoms with E-state index < -0.39 is 17.4 Å². The van der Waals surface area contributed by atoms with Gasteiger partial charge in [0.25, 0.3) is 0 Å². The first-order valence-corrected chi connectivity index (χ1v) is 7.64. The Kier molecular flexibility index (Phi) is 5.11. The van der Waals surface area contributed by atoms with Gasteiger partial charge in [0.1, 0.15) is 11.3 Å². The molecule has 1 unspecified atom stereocenters. The number of anilines is 1. The summed E-state index contributed by atoms with van der Waals surface area (Å²) in [6, 6.07) is 7.15. The van der Waals surface area contributed by atoms with E-state index >= 15 is 0 Å². The minimum Gasteiger partial charge on any atom is -0.495 e. The van der Waals surface area contributed by atoms with E-state index in [4.69, 9.17) is 4.74 Å². The molecule has 0 saturated carbocycles. The lowest BCUT2D eigenvalue weighted by atomic mass is 10.0. The van der Waals surface area contributed by atoms with Gasteiger partial charge in [0.15, 0.2) is 0 Å². The van der Waals surface area contributed by atoms with Crippen molar-refractivity contribution in [1.29, 1.82) is 0 Å². The highest BCUT2D eigenvalue weighted by molar-refractivity contribution is 6.02. The van der Waals surface area contributed by atoms with Crippen LogP contribution in [0.15, 0.2) is 24.3 Å². The second-order valence-corrected chi connectivity index (χ2v) is 6.18. The first kappa shape index (κ1) is 17.8. The van der Waals surface area contributed by atoms with Gasteiger partial charge >= 0.3 is 5.97 Å². The molecule has 7 nitrogen and oxygen atoms in total. The van der Waals surface area contributed by atoms with E-state index in [1.807, 2.05) is 6.07 Å². The predicted octanol–water partition coefficient (Wildman–Crippen LogP) is 1.12. The van der Waals surface area contributed by atoms with Gasteiger partial charge in [-0.2, -0.15) is 0 Å². The van der Waals surface area contributed by atoms with Crippen LogP contribution in [-0.4, -0.2) is 44.1 Å². The number of methoxy groups -OCH3 is 2. The number of carbonyl (C=O) groups is 3. The average Bonchev–Trinajstić information content (AvgIpc) is 2.95.